The van der Waals surface area contributed by atoms with E-state index in [9.17, 15) is 4.39 Å². The molecule has 0 radical (unpaired) electrons. The third kappa shape index (κ3) is 3.47. The van der Waals surface area contributed by atoms with Crippen LogP contribution in [-0.2, 0) is 0 Å². The second kappa shape index (κ2) is 6.56. The zero-order valence-electron chi connectivity index (χ0n) is 11.3. The Morgan fingerprint density at radius 1 is 1.05 bits per heavy atom. The van der Waals surface area contributed by atoms with E-state index < -0.39 is 0 Å². The summed E-state index contributed by atoms with van der Waals surface area (Å²) in [6.07, 6.45) is 1.63. The van der Waals surface area contributed by atoms with Crippen molar-refractivity contribution in [3.8, 4) is 11.5 Å². The first-order valence-corrected chi connectivity index (χ1v) is 5.99. The number of ether oxygens (including phenoxy) is 2. The minimum atomic E-state index is -0.281. The summed E-state index contributed by atoms with van der Waals surface area (Å²) in [6, 6.07) is 11.4. The van der Waals surface area contributed by atoms with Gasteiger partial charge in [0.25, 0.3) is 0 Å². The van der Waals surface area contributed by atoms with Crippen LogP contribution in [-0.4, -0.2) is 20.4 Å². The standard InChI is InChI=1S/C15H15FN2O2/c1-19-14-8-3-11(15(9-14)20-2)10-17-18-13-6-4-12(16)5-7-13/h3-10,18H,1-2H3/b17-10-. The maximum absolute atomic E-state index is 12.7. The van der Waals surface area contributed by atoms with Crippen molar-refractivity contribution in [2.75, 3.05) is 19.6 Å². The van der Waals surface area contributed by atoms with Crippen molar-refractivity contribution in [1.82, 2.24) is 0 Å². The molecule has 0 aliphatic carbocycles. The Balaban J connectivity index is 2.09. The lowest BCUT2D eigenvalue weighted by molar-refractivity contribution is 0.394. The van der Waals surface area contributed by atoms with Crippen molar-refractivity contribution in [1.29, 1.82) is 0 Å². The molecular formula is C15H15FN2O2. The zero-order chi connectivity index (χ0) is 14.4. The number of hydrogen-bond acceptors (Lipinski definition) is 4. The van der Waals surface area contributed by atoms with Crippen LogP contribution in [0.1, 0.15) is 5.56 Å². The highest BCUT2D eigenvalue weighted by Gasteiger charge is 2.02. The molecule has 0 saturated heterocycles. The lowest BCUT2D eigenvalue weighted by atomic mass is 10.2. The molecule has 0 aliphatic rings. The van der Waals surface area contributed by atoms with Crippen LogP contribution < -0.4 is 14.9 Å². The molecule has 4 nitrogen and oxygen atoms in total. The average Bonchev–Trinajstić information content (AvgIpc) is 2.49. The van der Waals surface area contributed by atoms with Gasteiger partial charge in [-0.2, -0.15) is 5.10 Å². The number of nitrogens with one attached hydrogen (secondary N) is 1. The van der Waals surface area contributed by atoms with Gasteiger partial charge in [-0.1, -0.05) is 0 Å². The number of hydrazone groups is 1. The van der Waals surface area contributed by atoms with E-state index in [-0.39, 0.29) is 5.82 Å². The molecule has 20 heavy (non-hydrogen) atoms. The van der Waals surface area contributed by atoms with Crippen LogP contribution in [0.2, 0.25) is 0 Å². The quantitative estimate of drug-likeness (QED) is 0.672. The fraction of sp³-hybridized carbons (Fsp3) is 0.133. The summed E-state index contributed by atoms with van der Waals surface area (Å²) in [7, 11) is 3.18. The fourth-order valence-electron chi connectivity index (χ4n) is 1.63. The van der Waals surface area contributed by atoms with E-state index in [0.29, 0.717) is 17.2 Å². The topological polar surface area (TPSA) is 42.8 Å². The van der Waals surface area contributed by atoms with Gasteiger partial charge in [-0.05, 0) is 36.4 Å². The minimum Gasteiger partial charge on any atom is -0.497 e. The molecule has 104 valence electrons. The Morgan fingerprint density at radius 2 is 1.80 bits per heavy atom. The summed E-state index contributed by atoms with van der Waals surface area (Å²) in [4.78, 5) is 0. The Hall–Kier alpha value is -2.56. The molecule has 0 fully saturated rings. The van der Waals surface area contributed by atoms with Crippen LogP contribution in [0, 0.1) is 5.82 Å². The second-order valence-corrected chi connectivity index (χ2v) is 3.98. The number of hydrogen-bond donors (Lipinski definition) is 1. The van der Waals surface area contributed by atoms with Crippen molar-refractivity contribution in [3.05, 3.63) is 53.8 Å². The zero-order valence-corrected chi connectivity index (χ0v) is 11.3. The van der Waals surface area contributed by atoms with Gasteiger partial charge in [-0.15, -0.1) is 0 Å². The van der Waals surface area contributed by atoms with Gasteiger partial charge in [0.15, 0.2) is 0 Å². The maximum Gasteiger partial charge on any atom is 0.131 e. The Morgan fingerprint density at radius 3 is 2.45 bits per heavy atom. The van der Waals surface area contributed by atoms with Gasteiger partial charge in [0.1, 0.15) is 17.3 Å². The van der Waals surface area contributed by atoms with Gasteiger partial charge < -0.3 is 9.47 Å². The van der Waals surface area contributed by atoms with E-state index in [1.807, 2.05) is 12.1 Å². The Labute approximate surface area is 116 Å². The molecular weight excluding hydrogens is 259 g/mol. The number of methoxy groups -OCH3 is 2. The number of rotatable bonds is 5. The molecule has 2 aromatic rings. The van der Waals surface area contributed by atoms with Gasteiger partial charge in [0.05, 0.1) is 26.1 Å². The normalized spacial score (nSPS) is 10.6. The molecule has 0 heterocycles. The average molecular weight is 274 g/mol. The molecule has 0 aromatic heterocycles. The Bertz CT molecular complexity index is 597. The van der Waals surface area contributed by atoms with E-state index >= 15 is 0 Å². The summed E-state index contributed by atoms with van der Waals surface area (Å²) in [5, 5.41) is 4.09. The van der Waals surface area contributed by atoms with Crippen LogP contribution in [0.15, 0.2) is 47.6 Å². The number of halogens is 1. The SMILES string of the molecule is COc1ccc(/C=N\Nc2ccc(F)cc2)c(OC)c1. The van der Waals surface area contributed by atoms with Gasteiger partial charge in [-0.3, -0.25) is 5.43 Å². The van der Waals surface area contributed by atoms with Gasteiger partial charge in [0.2, 0.25) is 0 Å². The summed E-state index contributed by atoms with van der Waals surface area (Å²) in [5.74, 6) is 1.09. The lowest BCUT2D eigenvalue weighted by Crippen LogP contribution is -1.95. The molecule has 0 atom stereocenters. The fourth-order valence-corrected chi connectivity index (χ4v) is 1.63. The monoisotopic (exact) mass is 274 g/mol. The molecule has 0 bridgehead atoms. The smallest absolute Gasteiger partial charge is 0.131 e. The first kappa shape index (κ1) is 13.9. The molecule has 5 heteroatoms. The molecule has 0 saturated carbocycles. The van der Waals surface area contributed by atoms with E-state index in [2.05, 4.69) is 10.5 Å². The van der Waals surface area contributed by atoms with Gasteiger partial charge in [0, 0.05) is 11.6 Å². The molecule has 0 aliphatic heterocycles. The summed E-state index contributed by atoms with van der Waals surface area (Å²) in [6.45, 7) is 0. The van der Waals surface area contributed by atoms with Crippen LogP contribution in [0.4, 0.5) is 10.1 Å². The first-order valence-electron chi connectivity index (χ1n) is 5.99. The second-order valence-electron chi connectivity index (χ2n) is 3.98. The van der Waals surface area contributed by atoms with Gasteiger partial charge in [-0.25, -0.2) is 4.39 Å². The van der Waals surface area contributed by atoms with E-state index in [1.54, 1.807) is 38.6 Å². The van der Waals surface area contributed by atoms with E-state index in [4.69, 9.17) is 9.47 Å². The van der Waals surface area contributed by atoms with Crippen LogP contribution >= 0.6 is 0 Å². The van der Waals surface area contributed by atoms with E-state index in [1.165, 1.54) is 12.1 Å². The molecule has 2 aromatic carbocycles. The third-order valence-corrected chi connectivity index (χ3v) is 2.68. The summed E-state index contributed by atoms with van der Waals surface area (Å²) in [5.41, 5.74) is 4.33. The minimum absolute atomic E-state index is 0.281. The number of nitrogens with zero attached hydrogens (tertiary/aromatic N) is 1. The van der Waals surface area contributed by atoms with Crippen molar-refractivity contribution < 1.29 is 13.9 Å². The Kier molecular flexibility index (Phi) is 4.55. The predicted molar refractivity (Wildman–Crippen MR) is 77.2 cm³/mol. The van der Waals surface area contributed by atoms with Crippen molar-refractivity contribution in [2.45, 2.75) is 0 Å². The lowest BCUT2D eigenvalue weighted by Gasteiger charge is -2.07. The van der Waals surface area contributed by atoms with Crippen molar-refractivity contribution >= 4 is 11.9 Å². The summed E-state index contributed by atoms with van der Waals surface area (Å²) < 4.78 is 23.1. The molecule has 0 amide bonds. The molecule has 0 unspecified atom stereocenters. The van der Waals surface area contributed by atoms with Crippen molar-refractivity contribution in [3.63, 3.8) is 0 Å². The largest absolute Gasteiger partial charge is 0.497 e. The van der Waals surface area contributed by atoms with Gasteiger partial charge >= 0.3 is 0 Å². The number of benzene rings is 2. The predicted octanol–water partition coefficient (Wildman–Crippen LogP) is 3.29. The molecule has 1 N–H and O–H groups in total. The highest BCUT2D eigenvalue weighted by molar-refractivity contribution is 5.84. The number of anilines is 1. The highest BCUT2D eigenvalue weighted by atomic mass is 19.1. The van der Waals surface area contributed by atoms with Crippen LogP contribution in [0.5, 0.6) is 11.5 Å². The third-order valence-electron chi connectivity index (χ3n) is 2.68. The van der Waals surface area contributed by atoms with Crippen LogP contribution in [0.3, 0.4) is 0 Å². The molecule has 0 spiro atoms. The summed E-state index contributed by atoms with van der Waals surface area (Å²) >= 11 is 0. The highest BCUT2D eigenvalue weighted by Crippen LogP contribution is 2.23. The van der Waals surface area contributed by atoms with Crippen molar-refractivity contribution in [2.24, 2.45) is 5.10 Å². The molecule has 2 rings (SSSR count). The van der Waals surface area contributed by atoms with Crippen LogP contribution in [0.25, 0.3) is 0 Å². The van der Waals surface area contributed by atoms with E-state index in [0.717, 1.165) is 5.56 Å². The maximum atomic E-state index is 12.7. The first-order chi connectivity index (χ1) is 9.72.